The fourth-order valence-corrected chi connectivity index (χ4v) is 3.80. The number of ether oxygens (including phenoxy) is 3. The molecular weight excluding hydrogens is 447 g/mol. The second-order valence-corrected chi connectivity index (χ2v) is 7.78. The van der Waals surface area contributed by atoms with Crippen LogP contribution in [0.1, 0.15) is 22.6 Å². The first-order valence-corrected chi connectivity index (χ1v) is 10.3. The van der Waals surface area contributed by atoms with Gasteiger partial charge in [0.25, 0.3) is 0 Å². The van der Waals surface area contributed by atoms with Gasteiger partial charge in [0.2, 0.25) is 5.88 Å². The second kappa shape index (κ2) is 9.23. The van der Waals surface area contributed by atoms with Gasteiger partial charge in [0.1, 0.15) is 34.7 Å². The lowest BCUT2D eigenvalue weighted by Gasteiger charge is -2.26. The minimum atomic E-state index is -0.614. The lowest BCUT2D eigenvalue weighted by Crippen LogP contribution is -2.21. The van der Waals surface area contributed by atoms with Gasteiger partial charge in [-0.25, -0.2) is 9.18 Å². The number of allylic oxidation sites excluding steroid dienone is 1. The van der Waals surface area contributed by atoms with Crippen molar-refractivity contribution >= 4 is 17.6 Å². The largest absolute Gasteiger partial charge is 0.482 e. The molecule has 1 unspecified atom stereocenters. The third kappa shape index (κ3) is 4.76. The molecule has 0 radical (unpaired) electrons. The molecule has 1 atom stereocenters. The van der Waals surface area contributed by atoms with E-state index in [0.717, 1.165) is 5.56 Å². The van der Waals surface area contributed by atoms with Gasteiger partial charge in [0.15, 0.2) is 6.61 Å². The number of aryl methyl sites for hydroxylation is 1. The van der Waals surface area contributed by atoms with Crippen LogP contribution in [-0.2, 0) is 4.79 Å². The summed E-state index contributed by atoms with van der Waals surface area (Å²) in [5.74, 6) is -0.531. The van der Waals surface area contributed by atoms with Crippen molar-refractivity contribution in [1.29, 1.82) is 5.26 Å². The van der Waals surface area contributed by atoms with Gasteiger partial charge in [0, 0.05) is 16.7 Å². The number of fused-ring (bicyclic) bond motifs is 1. The maximum Gasteiger partial charge on any atom is 0.349 e. The number of nitrogens with zero attached hydrogens (tertiary/aromatic N) is 1. The zero-order chi connectivity index (χ0) is 23.5. The van der Waals surface area contributed by atoms with Crippen LogP contribution in [-0.4, -0.2) is 12.6 Å². The third-order valence-corrected chi connectivity index (χ3v) is 5.34. The van der Waals surface area contributed by atoms with Crippen LogP contribution in [0.25, 0.3) is 0 Å². The first-order valence-electron chi connectivity index (χ1n) is 9.92. The molecule has 0 amide bonds. The predicted octanol–water partition coefficient (Wildman–Crippen LogP) is 4.99. The van der Waals surface area contributed by atoms with Crippen molar-refractivity contribution in [2.75, 3.05) is 6.61 Å². The van der Waals surface area contributed by atoms with Gasteiger partial charge in [-0.05, 0) is 54.4 Å². The van der Waals surface area contributed by atoms with E-state index in [4.69, 9.17) is 31.5 Å². The van der Waals surface area contributed by atoms with Gasteiger partial charge in [-0.15, -0.1) is 0 Å². The molecule has 0 fully saturated rings. The highest BCUT2D eigenvalue weighted by molar-refractivity contribution is 6.30. The van der Waals surface area contributed by atoms with Crippen molar-refractivity contribution in [3.05, 3.63) is 99.7 Å². The quantitative estimate of drug-likeness (QED) is 0.422. The summed E-state index contributed by atoms with van der Waals surface area (Å²) in [5, 5.41) is 10.2. The highest BCUT2D eigenvalue weighted by atomic mass is 35.5. The molecule has 0 saturated carbocycles. The van der Waals surface area contributed by atoms with Crippen LogP contribution >= 0.6 is 11.6 Å². The molecule has 1 heterocycles. The number of carbonyl (C=O) groups is 1. The molecule has 4 rings (SSSR count). The maximum absolute atomic E-state index is 13.4. The molecule has 33 heavy (non-hydrogen) atoms. The summed E-state index contributed by atoms with van der Waals surface area (Å²) in [5.41, 5.74) is 8.30. The molecular formula is C25H18ClFN2O4. The first-order chi connectivity index (χ1) is 15.9. The molecule has 0 aromatic heterocycles. The van der Waals surface area contributed by atoms with Crippen LogP contribution in [0.3, 0.4) is 0 Å². The SMILES string of the molecule is Cc1cc(Cl)ccc1OCC(=O)Oc1ccc2c(c1)OC(N)=C(C#N)C2c1ccc(F)cc1. The van der Waals surface area contributed by atoms with E-state index in [0.29, 0.717) is 27.6 Å². The number of esters is 1. The number of rotatable bonds is 5. The number of nitrogens with two attached hydrogens (primary N) is 1. The Labute approximate surface area is 194 Å². The number of carbonyl (C=O) groups excluding carboxylic acids is 1. The molecule has 3 aromatic rings. The molecule has 2 N–H and O–H groups in total. The van der Waals surface area contributed by atoms with E-state index < -0.39 is 11.9 Å². The van der Waals surface area contributed by atoms with Crippen LogP contribution in [0.2, 0.25) is 5.02 Å². The zero-order valence-corrected chi connectivity index (χ0v) is 18.2. The number of hydrogen-bond donors (Lipinski definition) is 1. The lowest BCUT2D eigenvalue weighted by atomic mass is 9.83. The molecule has 1 aliphatic heterocycles. The average Bonchev–Trinajstić information content (AvgIpc) is 2.78. The maximum atomic E-state index is 13.4. The van der Waals surface area contributed by atoms with Gasteiger partial charge in [0.05, 0.1) is 5.92 Å². The van der Waals surface area contributed by atoms with Crippen LogP contribution in [0.15, 0.2) is 72.1 Å². The minimum Gasteiger partial charge on any atom is -0.482 e. The van der Waals surface area contributed by atoms with Crippen molar-refractivity contribution in [1.82, 2.24) is 0 Å². The standard InChI is InChI=1S/C25H18ClFN2O4/c1-14-10-16(26)4-9-21(14)31-13-23(30)32-18-7-8-19-22(11-18)33-25(29)20(12-28)24(19)15-2-5-17(27)6-3-15/h2-11,24H,13,29H2,1H3. The fraction of sp³-hybridized carbons (Fsp3) is 0.120. The molecule has 0 spiro atoms. The third-order valence-electron chi connectivity index (χ3n) is 5.11. The molecule has 0 saturated heterocycles. The van der Waals surface area contributed by atoms with Gasteiger partial charge < -0.3 is 19.9 Å². The zero-order valence-electron chi connectivity index (χ0n) is 17.5. The number of benzene rings is 3. The summed E-state index contributed by atoms with van der Waals surface area (Å²) in [4.78, 5) is 12.3. The Morgan fingerprint density at radius 2 is 1.94 bits per heavy atom. The number of nitriles is 1. The highest BCUT2D eigenvalue weighted by Crippen LogP contribution is 2.43. The van der Waals surface area contributed by atoms with Gasteiger partial charge in [-0.2, -0.15) is 5.26 Å². The van der Waals surface area contributed by atoms with Crippen LogP contribution < -0.4 is 19.9 Å². The van der Waals surface area contributed by atoms with E-state index in [1.165, 1.54) is 18.2 Å². The van der Waals surface area contributed by atoms with Gasteiger partial charge in [-0.3, -0.25) is 0 Å². The van der Waals surface area contributed by atoms with Crippen molar-refractivity contribution in [3.8, 4) is 23.3 Å². The Bertz CT molecular complexity index is 1300. The Balaban J connectivity index is 1.53. The summed E-state index contributed by atoms with van der Waals surface area (Å²) < 4.78 is 29.9. The van der Waals surface area contributed by atoms with Crippen molar-refractivity contribution in [3.63, 3.8) is 0 Å². The normalized spacial score (nSPS) is 14.7. The topological polar surface area (TPSA) is 94.6 Å². The van der Waals surface area contributed by atoms with E-state index >= 15 is 0 Å². The summed E-state index contributed by atoms with van der Waals surface area (Å²) in [6, 6.07) is 17.7. The van der Waals surface area contributed by atoms with Crippen molar-refractivity contribution in [2.45, 2.75) is 12.8 Å². The summed E-state index contributed by atoms with van der Waals surface area (Å²) in [6.07, 6.45) is 0. The second-order valence-electron chi connectivity index (χ2n) is 7.35. The van der Waals surface area contributed by atoms with E-state index in [1.54, 1.807) is 42.5 Å². The average molecular weight is 465 g/mol. The van der Waals surface area contributed by atoms with Gasteiger partial charge in [-0.1, -0.05) is 29.8 Å². The molecule has 6 nitrogen and oxygen atoms in total. The Morgan fingerprint density at radius 3 is 2.64 bits per heavy atom. The lowest BCUT2D eigenvalue weighted by molar-refractivity contribution is -0.136. The van der Waals surface area contributed by atoms with Crippen LogP contribution in [0.5, 0.6) is 17.2 Å². The van der Waals surface area contributed by atoms with Crippen molar-refractivity contribution in [2.24, 2.45) is 5.73 Å². The molecule has 0 aliphatic carbocycles. The molecule has 166 valence electrons. The molecule has 0 bridgehead atoms. The Morgan fingerprint density at radius 1 is 1.18 bits per heavy atom. The van der Waals surface area contributed by atoms with E-state index in [1.807, 2.05) is 6.92 Å². The van der Waals surface area contributed by atoms with Gasteiger partial charge >= 0.3 is 5.97 Å². The minimum absolute atomic E-state index is 0.0654. The van der Waals surface area contributed by atoms with E-state index in [9.17, 15) is 14.4 Å². The summed E-state index contributed by atoms with van der Waals surface area (Å²) in [6.45, 7) is 1.51. The molecule has 8 heteroatoms. The van der Waals surface area contributed by atoms with Crippen LogP contribution in [0, 0.1) is 24.1 Å². The first kappa shape index (κ1) is 22.2. The van der Waals surface area contributed by atoms with Crippen LogP contribution in [0.4, 0.5) is 4.39 Å². The summed E-state index contributed by atoms with van der Waals surface area (Å²) >= 11 is 5.92. The fourth-order valence-electron chi connectivity index (χ4n) is 3.57. The summed E-state index contributed by atoms with van der Waals surface area (Å²) in [7, 11) is 0. The smallest absolute Gasteiger partial charge is 0.349 e. The highest BCUT2D eigenvalue weighted by Gasteiger charge is 2.31. The molecule has 1 aliphatic rings. The Hall–Kier alpha value is -4.02. The molecule has 3 aromatic carbocycles. The number of hydrogen-bond acceptors (Lipinski definition) is 6. The number of halogens is 2. The van der Waals surface area contributed by atoms with Crippen molar-refractivity contribution < 1.29 is 23.4 Å². The Kier molecular flexibility index (Phi) is 6.20. The predicted molar refractivity (Wildman–Crippen MR) is 119 cm³/mol. The van der Waals surface area contributed by atoms with E-state index in [-0.39, 0.29) is 29.6 Å². The van der Waals surface area contributed by atoms with E-state index in [2.05, 4.69) is 6.07 Å². The monoisotopic (exact) mass is 464 g/mol.